The van der Waals surface area contributed by atoms with Crippen LogP contribution in [0.2, 0.25) is 0 Å². The minimum atomic E-state index is 1.08. The van der Waals surface area contributed by atoms with E-state index in [1.54, 1.807) is 0 Å². The third-order valence-electron chi connectivity index (χ3n) is 2.57. The van der Waals surface area contributed by atoms with Crippen LogP contribution < -0.4 is 0 Å². The van der Waals surface area contributed by atoms with Gasteiger partial charge in [0.2, 0.25) is 0 Å². The lowest BCUT2D eigenvalue weighted by atomic mass is 10.1. The van der Waals surface area contributed by atoms with Gasteiger partial charge in [-0.2, -0.15) is 0 Å². The van der Waals surface area contributed by atoms with Gasteiger partial charge in [-0.3, -0.25) is 4.90 Å². The van der Waals surface area contributed by atoms with Crippen molar-refractivity contribution in [2.45, 2.75) is 26.2 Å². The second-order valence-corrected chi connectivity index (χ2v) is 3.81. The van der Waals surface area contributed by atoms with Crippen molar-refractivity contribution in [2.24, 2.45) is 0 Å². The first-order valence-corrected chi connectivity index (χ1v) is 5.53. The van der Waals surface area contributed by atoms with E-state index < -0.39 is 0 Å². The predicted molar refractivity (Wildman–Crippen MR) is 63.4 cm³/mol. The summed E-state index contributed by atoms with van der Waals surface area (Å²) in [6.07, 6.45) is 12.4. The van der Waals surface area contributed by atoms with Gasteiger partial charge >= 0.3 is 0 Å². The van der Waals surface area contributed by atoms with Crippen molar-refractivity contribution < 1.29 is 0 Å². The minimum Gasteiger partial charge on any atom is -0.299 e. The fraction of sp³-hybridized carbons (Fsp3) is 0.538. The van der Waals surface area contributed by atoms with Crippen molar-refractivity contribution >= 4 is 0 Å². The first kappa shape index (κ1) is 11.3. The molecule has 0 unspecified atom stereocenters. The highest BCUT2D eigenvalue weighted by molar-refractivity contribution is 5.24. The SMILES string of the molecule is C=CC=C(C=CC)CN1CCCCC1. The average molecular weight is 191 g/mol. The van der Waals surface area contributed by atoms with Gasteiger partial charge in [-0.05, 0) is 38.4 Å². The van der Waals surface area contributed by atoms with E-state index in [1.807, 2.05) is 6.08 Å². The van der Waals surface area contributed by atoms with Crippen molar-refractivity contribution in [1.29, 1.82) is 0 Å². The lowest BCUT2D eigenvalue weighted by Gasteiger charge is -2.26. The van der Waals surface area contributed by atoms with Crippen LogP contribution in [0.4, 0.5) is 0 Å². The molecule has 0 aliphatic carbocycles. The van der Waals surface area contributed by atoms with Crippen LogP contribution in [0, 0.1) is 0 Å². The van der Waals surface area contributed by atoms with E-state index in [9.17, 15) is 0 Å². The Morgan fingerprint density at radius 2 is 2.00 bits per heavy atom. The van der Waals surface area contributed by atoms with E-state index in [0.29, 0.717) is 0 Å². The van der Waals surface area contributed by atoms with Crippen LogP contribution in [0.3, 0.4) is 0 Å². The number of piperidine rings is 1. The molecule has 14 heavy (non-hydrogen) atoms. The molecule has 1 nitrogen and oxygen atoms in total. The highest BCUT2D eigenvalue weighted by atomic mass is 15.1. The molecule has 1 aliphatic heterocycles. The Morgan fingerprint density at radius 1 is 1.29 bits per heavy atom. The molecule has 78 valence electrons. The first-order chi connectivity index (χ1) is 6.86. The summed E-state index contributed by atoms with van der Waals surface area (Å²) in [7, 11) is 0. The summed E-state index contributed by atoms with van der Waals surface area (Å²) in [5, 5.41) is 0. The number of hydrogen-bond donors (Lipinski definition) is 0. The van der Waals surface area contributed by atoms with Gasteiger partial charge in [0.1, 0.15) is 0 Å². The van der Waals surface area contributed by atoms with Crippen LogP contribution in [0.25, 0.3) is 0 Å². The van der Waals surface area contributed by atoms with Crippen LogP contribution >= 0.6 is 0 Å². The highest BCUT2D eigenvalue weighted by Gasteiger charge is 2.09. The number of likely N-dealkylation sites (tertiary alicyclic amines) is 1. The molecule has 1 heteroatoms. The second kappa shape index (κ2) is 6.61. The Bertz CT molecular complexity index is 219. The van der Waals surface area contributed by atoms with Crippen LogP contribution in [0.15, 0.2) is 36.5 Å². The Balaban J connectivity index is 2.45. The highest BCUT2D eigenvalue weighted by Crippen LogP contribution is 2.11. The summed E-state index contributed by atoms with van der Waals surface area (Å²) >= 11 is 0. The molecule has 0 N–H and O–H groups in total. The first-order valence-electron chi connectivity index (χ1n) is 5.53. The average Bonchev–Trinajstić information content (AvgIpc) is 2.20. The van der Waals surface area contributed by atoms with E-state index in [-0.39, 0.29) is 0 Å². The third kappa shape index (κ3) is 3.93. The van der Waals surface area contributed by atoms with E-state index in [2.05, 4.69) is 36.6 Å². The molecule has 0 aromatic rings. The molecule has 0 bridgehead atoms. The van der Waals surface area contributed by atoms with Crippen molar-refractivity contribution in [3.8, 4) is 0 Å². The molecule has 1 rings (SSSR count). The quantitative estimate of drug-likeness (QED) is 0.617. The molecular formula is C13H21N. The summed E-state index contributed by atoms with van der Waals surface area (Å²) in [4.78, 5) is 2.53. The lowest BCUT2D eigenvalue weighted by molar-refractivity contribution is 0.248. The minimum absolute atomic E-state index is 1.08. The molecule has 0 saturated carbocycles. The second-order valence-electron chi connectivity index (χ2n) is 3.81. The molecular weight excluding hydrogens is 170 g/mol. The van der Waals surface area contributed by atoms with Gasteiger partial charge in [-0.25, -0.2) is 0 Å². The fourth-order valence-electron chi connectivity index (χ4n) is 1.90. The molecule has 0 spiro atoms. The van der Waals surface area contributed by atoms with Gasteiger partial charge in [0.25, 0.3) is 0 Å². The van der Waals surface area contributed by atoms with Gasteiger partial charge in [0.15, 0.2) is 0 Å². The van der Waals surface area contributed by atoms with E-state index >= 15 is 0 Å². The van der Waals surface area contributed by atoms with Crippen molar-refractivity contribution in [1.82, 2.24) is 4.90 Å². The Labute approximate surface area is 87.8 Å². The maximum absolute atomic E-state index is 3.75. The number of hydrogen-bond acceptors (Lipinski definition) is 1. The molecule has 1 fully saturated rings. The Morgan fingerprint density at radius 3 is 2.57 bits per heavy atom. The molecule has 0 atom stereocenters. The third-order valence-corrected chi connectivity index (χ3v) is 2.57. The van der Waals surface area contributed by atoms with Crippen LogP contribution in [-0.4, -0.2) is 24.5 Å². The Hall–Kier alpha value is -0.820. The van der Waals surface area contributed by atoms with Crippen molar-refractivity contribution in [3.63, 3.8) is 0 Å². The number of allylic oxidation sites excluding steroid dienone is 3. The normalized spacial score (nSPS) is 20.2. The summed E-state index contributed by atoms with van der Waals surface area (Å²) in [5.41, 5.74) is 1.37. The molecule has 0 aromatic carbocycles. The largest absolute Gasteiger partial charge is 0.299 e. The topological polar surface area (TPSA) is 3.24 Å². The monoisotopic (exact) mass is 191 g/mol. The zero-order valence-corrected chi connectivity index (χ0v) is 9.21. The smallest absolute Gasteiger partial charge is 0.0233 e. The molecule has 0 aromatic heterocycles. The van der Waals surface area contributed by atoms with Crippen LogP contribution in [0.5, 0.6) is 0 Å². The molecule has 1 heterocycles. The predicted octanol–water partition coefficient (Wildman–Crippen LogP) is 3.16. The molecule has 0 amide bonds. The lowest BCUT2D eigenvalue weighted by Crippen LogP contribution is -2.31. The van der Waals surface area contributed by atoms with Crippen LogP contribution in [0.1, 0.15) is 26.2 Å². The molecule has 1 saturated heterocycles. The van der Waals surface area contributed by atoms with E-state index in [1.165, 1.54) is 37.9 Å². The maximum Gasteiger partial charge on any atom is 0.0233 e. The molecule has 0 radical (unpaired) electrons. The van der Waals surface area contributed by atoms with Crippen LogP contribution in [-0.2, 0) is 0 Å². The van der Waals surface area contributed by atoms with Crippen molar-refractivity contribution in [3.05, 3.63) is 36.5 Å². The van der Waals surface area contributed by atoms with E-state index in [4.69, 9.17) is 0 Å². The van der Waals surface area contributed by atoms with Gasteiger partial charge in [0, 0.05) is 6.54 Å². The van der Waals surface area contributed by atoms with Gasteiger partial charge in [-0.1, -0.05) is 37.3 Å². The zero-order chi connectivity index (χ0) is 10.2. The molecule has 1 aliphatic rings. The van der Waals surface area contributed by atoms with E-state index in [0.717, 1.165) is 6.54 Å². The Kier molecular flexibility index (Phi) is 5.31. The van der Waals surface area contributed by atoms with Crippen molar-refractivity contribution in [2.75, 3.05) is 19.6 Å². The number of nitrogens with zero attached hydrogens (tertiary/aromatic N) is 1. The van der Waals surface area contributed by atoms with Gasteiger partial charge < -0.3 is 0 Å². The van der Waals surface area contributed by atoms with Gasteiger partial charge in [0.05, 0.1) is 0 Å². The standard InChI is InChI=1S/C13H21N/c1-3-8-13(9-4-2)12-14-10-6-5-7-11-14/h3-4,8-9H,1,5-7,10-12H2,2H3. The maximum atomic E-state index is 3.75. The number of rotatable bonds is 4. The zero-order valence-electron chi connectivity index (χ0n) is 9.21. The summed E-state index contributed by atoms with van der Waals surface area (Å²) in [6.45, 7) is 9.40. The summed E-state index contributed by atoms with van der Waals surface area (Å²) in [5.74, 6) is 0. The summed E-state index contributed by atoms with van der Waals surface area (Å²) < 4.78 is 0. The summed E-state index contributed by atoms with van der Waals surface area (Å²) in [6, 6.07) is 0. The fourth-order valence-corrected chi connectivity index (χ4v) is 1.90. The van der Waals surface area contributed by atoms with Gasteiger partial charge in [-0.15, -0.1) is 0 Å².